The van der Waals surface area contributed by atoms with Crippen molar-refractivity contribution in [3.63, 3.8) is 0 Å². The molecule has 2 aliphatic heterocycles. The number of alkyl halides is 2. The van der Waals surface area contributed by atoms with Crippen molar-refractivity contribution >= 4 is 0 Å². The maximum Gasteiger partial charge on any atom is 0.260 e. The number of hydrogen-bond acceptors (Lipinski definition) is 1. The molecular formula is C11H13F2N. The molecule has 1 saturated heterocycles. The second-order valence-electron chi connectivity index (χ2n) is 5.52. The van der Waals surface area contributed by atoms with Gasteiger partial charge in [-0.25, -0.2) is 8.78 Å². The van der Waals surface area contributed by atoms with E-state index in [4.69, 9.17) is 0 Å². The van der Waals surface area contributed by atoms with Crippen LogP contribution in [0.25, 0.3) is 0 Å². The third-order valence-electron chi connectivity index (χ3n) is 4.62. The quantitative estimate of drug-likeness (QED) is 0.576. The summed E-state index contributed by atoms with van der Waals surface area (Å²) < 4.78 is 26.4. The van der Waals surface area contributed by atoms with Gasteiger partial charge in [-0.05, 0) is 19.3 Å². The fourth-order valence-corrected chi connectivity index (χ4v) is 3.33. The minimum atomic E-state index is -2.40. The largest absolute Gasteiger partial charge is 0.373 e. The summed E-state index contributed by atoms with van der Waals surface area (Å²) in [6.45, 7) is 1.61. The molecule has 4 rings (SSSR count). The number of halogens is 2. The van der Waals surface area contributed by atoms with Crippen molar-refractivity contribution in [1.82, 2.24) is 4.90 Å². The molecule has 4 aliphatic rings. The van der Waals surface area contributed by atoms with Crippen LogP contribution in [0.1, 0.15) is 25.7 Å². The molecule has 0 bridgehead atoms. The zero-order valence-electron chi connectivity index (χ0n) is 8.02. The molecule has 3 heteroatoms. The van der Waals surface area contributed by atoms with Crippen LogP contribution in [-0.4, -0.2) is 23.9 Å². The summed E-state index contributed by atoms with van der Waals surface area (Å²) in [5.74, 6) is -2.40. The van der Waals surface area contributed by atoms with Crippen LogP contribution in [0.5, 0.6) is 0 Å². The Hall–Kier alpha value is -0.600. The summed E-state index contributed by atoms with van der Waals surface area (Å²) in [5, 5.41) is 0. The van der Waals surface area contributed by atoms with Gasteiger partial charge in [0.25, 0.3) is 5.92 Å². The number of fused-ring (bicyclic) bond motifs is 2. The van der Waals surface area contributed by atoms with Gasteiger partial charge >= 0.3 is 0 Å². The molecule has 2 spiro atoms. The van der Waals surface area contributed by atoms with Crippen LogP contribution in [0.15, 0.2) is 11.8 Å². The Morgan fingerprint density at radius 3 is 2.50 bits per heavy atom. The first kappa shape index (κ1) is 7.66. The van der Waals surface area contributed by atoms with Gasteiger partial charge in [0.1, 0.15) is 0 Å². The Morgan fingerprint density at radius 1 is 1.21 bits per heavy atom. The summed E-state index contributed by atoms with van der Waals surface area (Å²) in [7, 11) is 0. The highest BCUT2D eigenvalue weighted by molar-refractivity contribution is 5.38. The van der Waals surface area contributed by atoms with Crippen molar-refractivity contribution in [3.8, 4) is 0 Å². The topological polar surface area (TPSA) is 3.24 Å². The van der Waals surface area contributed by atoms with E-state index in [2.05, 4.69) is 4.90 Å². The van der Waals surface area contributed by atoms with E-state index in [0.717, 1.165) is 6.54 Å². The first-order chi connectivity index (χ1) is 6.57. The van der Waals surface area contributed by atoms with E-state index in [-0.39, 0.29) is 6.42 Å². The van der Waals surface area contributed by atoms with E-state index in [1.54, 1.807) is 0 Å². The molecule has 0 aromatic heterocycles. The molecule has 76 valence electrons. The lowest BCUT2D eigenvalue weighted by atomic mass is 9.99. The van der Waals surface area contributed by atoms with Gasteiger partial charge in [0.2, 0.25) is 0 Å². The Bertz CT molecular complexity index is 356. The summed E-state index contributed by atoms with van der Waals surface area (Å²) in [6, 6.07) is 0. The molecule has 0 N–H and O–H groups in total. The molecule has 0 radical (unpaired) electrons. The fraction of sp³-hybridized carbons (Fsp3) is 0.818. The van der Waals surface area contributed by atoms with E-state index >= 15 is 0 Å². The molecule has 14 heavy (non-hydrogen) atoms. The third-order valence-corrected chi connectivity index (χ3v) is 4.62. The highest BCUT2D eigenvalue weighted by Gasteiger charge is 2.74. The van der Waals surface area contributed by atoms with E-state index < -0.39 is 11.3 Å². The first-order valence-electron chi connectivity index (χ1n) is 5.43. The van der Waals surface area contributed by atoms with Crippen LogP contribution in [-0.2, 0) is 0 Å². The van der Waals surface area contributed by atoms with Crippen LogP contribution in [0.3, 0.4) is 0 Å². The molecule has 0 aromatic rings. The van der Waals surface area contributed by atoms with Crippen LogP contribution < -0.4 is 0 Å². The van der Waals surface area contributed by atoms with Gasteiger partial charge < -0.3 is 4.90 Å². The predicted octanol–water partition coefficient (Wildman–Crippen LogP) is 2.40. The second-order valence-corrected chi connectivity index (χ2v) is 5.52. The average molecular weight is 197 g/mol. The van der Waals surface area contributed by atoms with Crippen molar-refractivity contribution in [2.24, 2.45) is 10.8 Å². The Balaban J connectivity index is 1.76. The Morgan fingerprint density at radius 2 is 1.93 bits per heavy atom. The van der Waals surface area contributed by atoms with Gasteiger partial charge in [-0.3, -0.25) is 0 Å². The van der Waals surface area contributed by atoms with Gasteiger partial charge in [-0.15, -0.1) is 0 Å². The zero-order chi connectivity index (χ0) is 9.60. The van der Waals surface area contributed by atoms with Gasteiger partial charge in [0, 0.05) is 30.6 Å². The van der Waals surface area contributed by atoms with Crippen molar-refractivity contribution in [3.05, 3.63) is 11.8 Å². The highest BCUT2D eigenvalue weighted by atomic mass is 19.3. The smallest absolute Gasteiger partial charge is 0.260 e. The lowest BCUT2D eigenvalue weighted by Crippen LogP contribution is -2.22. The van der Waals surface area contributed by atoms with E-state index in [9.17, 15) is 8.78 Å². The summed E-state index contributed by atoms with van der Waals surface area (Å²) in [5.41, 5.74) is 0.898. The minimum Gasteiger partial charge on any atom is -0.373 e. The minimum absolute atomic E-state index is 0.0933. The number of hydrogen-bond donors (Lipinski definition) is 0. The zero-order valence-corrected chi connectivity index (χ0v) is 8.02. The number of nitrogens with zero attached hydrogens (tertiary/aromatic N) is 1. The van der Waals surface area contributed by atoms with Crippen LogP contribution >= 0.6 is 0 Å². The molecule has 3 fully saturated rings. The lowest BCUT2D eigenvalue weighted by Gasteiger charge is -2.16. The molecular weight excluding hydrogens is 184 g/mol. The van der Waals surface area contributed by atoms with Crippen molar-refractivity contribution in [2.45, 2.75) is 31.6 Å². The summed E-state index contributed by atoms with van der Waals surface area (Å²) in [4.78, 5) is 2.22. The Labute approximate surface area is 81.8 Å². The molecule has 1 nitrogen and oxygen atoms in total. The third kappa shape index (κ3) is 0.655. The van der Waals surface area contributed by atoms with E-state index in [0.29, 0.717) is 12.0 Å². The van der Waals surface area contributed by atoms with Crippen LogP contribution in [0.2, 0.25) is 0 Å². The van der Waals surface area contributed by atoms with Crippen LogP contribution in [0.4, 0.5) is 8.78 Å². The summed E-state index contributed by atoms with van der Waals surface area (Å²) >= 11 is 0. The van der Waals surface area contributed by atoms with Crippen molar-refractivity contribution in [2.75, 3.05) is 13.1 Å². The maximum absolute atomic E-state index is 13.2. The Kier molecular flexibility index (Phi) is 0.954. The van der Waals surface area contributed by atoms with Gasteiger partial charge in [0.05, 0.1) is 5.41 Å². The number of rotatable bonds is 0. The molecule has 0 aromatic carbocycles. The monoisotopic (exact) mass is 197 g/mol. The summed E-state index contributed by atoms with van der Waals surface area (Å²) in [6.07, 6.45) is 5.69. The van der Waals surface area contributed by atoms with Crippen molar-refractivity contribution in [1.29, 1.82) is 0 Å². The van der Waals surface area contributed by atoms with E-state index in [1.807, 2.05) is 6.08 Å². The van der Waals surface area contributed by atoms with E-state index in [1.165, 1.54) is 25.0 Å². The molecule has 2 aliphatic carbocycles. The van der Waals surface area contributed by atoms with Gasteiger partial charge in [-0.1, -0.05) is 6.08 Å². The molecule has 2 saturated carbocycles. The second kappa shape index (κ2) is 1.74. The predicted molar refractivity (Wildman–Crippen MR) is 47.9 cm³/mol. The standard InChI is InChI=1S/C11H13F2N/c12-11(13)6-10(11)5-8-9(1-2-9)3-4-14(8)7-10/h5H,1-4,6-7H2/t10-/m1/s1. The molecule has 0 unspecified atom stereocenters. The maximum atomic E-state index is 13.2. The molecule has 1 atom stereocenters. The molecule has 0 amide bonds. The van der Waals surface area contributed by atoms with Gasteiger partial charge in [0.15, 0.2) is 0 Å². The van der Waals surface area contributed by atoms with Crippen LogP contribution in [0, 0.1) is 10.8 Å². The van der Waals surface area contributed by atoms with Crippen molar-refractivity contribution < 1.29 is 8.78 Å². The lowest BCUT2D eigenvalue weighted by molar-refractivity contribution is 0.0760. The normalized spacial score (nSPS) is 44.4. The fourth-order valence-electron chi connectivity index (χ4n) is 3.33. The highest BCUT2D eigenvalue weighted by Crippen LogP contribution is 2.70. The first-order valence-corrected chi connectivity index (χ1v) is 5.43. The molecule has 2 heterocycles. The average Bonchev–Trinajstić information content (AvgIpc) is 2.86. The number of allylic oxidation sites excluding steroid dienone is 1. The van der Waals surface area contributed by atoms with Gasteiger partial charge in [-0.2, -0.15) is 0 Å². The SMILES string of the molecule is FC1(F)C[C@@]12C=C1N(CCC13CC3)C2.